The zero-order valence-corrected chi connectivity index (χ0v) is 13.5. The van der Waals surface area contributed by atoms with Crippen LogP contribution in [0.2, 0.25) is 5.02 Å². The molecule has 2 N–H and O–H groups in total. The second-order valence-electron chi connectivity index (χ2n) is 5.13. The molecular formula is C18H15ClN4O. The second-order valence-corrected chi connectivity index (χ2v) is 5.57. The third-order valence-electron chi connectivity index (χ3n) is 3.35. The number of nitrogens with zero attached hydrogens (tertiary/aromatic N) is 2. The average Bonchev–Trinajstić information content (AvgIpc) is 2.63. The van der Waals surface area contributed by atoms with Crippen molar-refractivity contribution in [1.82, 2.24) is 9.97 Å². The Morgan fingerprint density at radius 2 is 1.71 bits per heavy atom. The molecule has 6 heteroatoms. The summed E-state index contributed by atoms with van der Waals surface area (Å²) in [4.78, 5) is 20.4. The maximum Gasteiger partial charge on any atom is 0.257 e. The number of carbonyl (C=O) groups is 1. The van der Waals surface area contributed by atoms with Gasteiger partial charge in [-0.2, -0.15) is 0 Å². The zero-order valence-electron chi connectivity index (χ0n) is 12.7. The maximum absolute atomic E-state index is 12.3. The van der Waals surface area contributed by atoms with E-state index in [2.05, 4.69) is 20.6 Å². The monoisotopic (exact) mass is 338 g/mol. The molecule has 0 aliphatic rings. The molecular weight excluding hydrogens is 324 g/mol. The van der Waals surface area contributed by atoms with Crippen LogP contribution in [0.3, 0.4) is 0 Å². The van der Waals surface area contributed by atoms with E-state index in [0.29, 0.717) is 22.8 Å². The highest BCUT2D eigenvalue weighted by atomic mass is 35.5. The van der Waals surface area contributed by atoms with E-state index < -0.39 is 0 Å². The Bertz CT molecular complexity index is 822. The number of halogens is 1. The molecule has 0 atom stereocenters. The second kappa shape index (κ2) is 7.57. The van der Waals surface area contributed by atoms with Crippen molar-refractivity contribution in [2.24, 2.45) is 0 Å². The molecule has 0 saturated carbocycles. The van der Waals surface area contributed by atoms with Crippen LogP contribution in [-0.4, -0.2) is 15.9 Å². The molecule has 2 heterocycles. The molecule has 1 amide bonds. The Hall–Kier alpha value is -2.92. The standard InChI is InChI=1S/C18H15ClN4O/c19-15-1-3-16(4-2-15)23-18(24)14-9-17(12-21-11-14)22-10-13-5-7-20-8-6-13/h1-9,11-12,22H,10H2,(H,23,24). The van der Waals surface area contributed by atoms with Gasteiger partial charge in [0.2, 0.25) is 0 Å². The van der Waals surface area contributed by atoms with Crippen LogP contribution in [0.4, 0.5) is 11.4 Å². The fourth-order valence-corrected chi connectivity index (χ4v) is 2.23. The predicted molar refractivity (Wildman–Crippen MR) is 95.2 cm³/mol. The van der Waals surface area contributed by atoms with Gasteiger partial charge >= 0.3 is 0 Å². The molecule has 3 rings (SSSR count). The predicted octanol–water partition coefficient (Wildman–Crippen LogP) is 3.99. The highest BCUT2D eigenvalue weighted by Crippen LogP contribution is 2.16. The van der Waals surface area contributed by atoms with Gasteiger partial charge in [-0.05, 0) is 48.0 Å². The molecule has 0 radical (unpaired) electrons. The van der Waals surface area contributed by atoms with Crippen molar-refractivity contribution in [2.75, 3.05) is 10.6 Å². The molecule has 1 aromatic carbocycles. The summed E-state index contributed by atoms with van der Waals surface area (Å²) in [5.74, 6) is -0.225. The Kier molecular flexibility index (Phi) is 5.03. The molecule has 5 nitrogen and oxygen atoms in total. The molecule has 0 unspecified atom stereocenters. The number of anilines is 2. The number of hydrogen-bond acceptors (Lipinski definition) is 4. The van der Waals surface area contributed by atoms with Crippen LogP contribution in [0.5, 0.6) is 0 Å². The van der Waals surface area contributed by atoms with Crippen LogP contribution in [0.15, 0.2) is 67.3 Å². The summed E-state index contributed by atoms with van der Waals surface area (Å²) in [7, 11) is 0. The highest BCUT2D eigenvalue weighted by Gasteiger charge is 2.07. The lowest BCUT2D eigenvalue weighted by atomic mass is 10.2. The van der Waals surface area contributed by atoms with Crippen molar-refractivity contribution >= 4 is 28.9 Å². The van der Waals surface area contributed by atoms with Gasteiger partial charge < -0.3 is 10.6 Å². The van der Waals surface area contributed by atoms with E-state index in [1.165, 1.54) is 6.20 Å². The summed E-state index contributed by atoms with van der Waals surface area (Å²) in [6.07, 6.45) is 6.69. The fraction of sp³-hybridized carbons (Fsp3) is 0.0556. The van der Waals surface area contributed by atoms with Crippen molar-refractivity contribution in [3.63, 3.8) is 0 Å². The highest BCUT2D eigenvalue weighted by molar-refractivity contribution is 6.30. The normalized spacial score (nSPS) is 10.2. The van der Waals surface area contributed by atoms with Crippen molar-refractivity contribution in [3.8, 4) is 0 Å². The number of pyridine rings is 2. The Labute approximate surface area is 144 Å². The summed E-state index contributed by atoms with van der Waals surface area (Å²) in [5.41, 5.74) is 3.03. The van der Waals surface area contributed by atoms with Crippen LogP contribution < -0.4 is 10.6 Å². The minimum Gasteiger partial charge on any atom is -0.380 e. The molecule has 0 spiro atoms. The first kappa shape index (κ1) is 16.0. The van der Waals surface area contributed by atoms with Crippen molar-refractivity contribution in [1.29, 1.82) is 0 Å². The van der Waals surface area contributed by atoms with Gasteiger partial charge in [-0.3, -0.25) is 14.8 Å². The summed E-state index contributed by atoms with van der Waals surface area (Å²) in [6, 6.07) is 12.6. The van der Waals surface area contributed by atoms with Crippen LogP contribution in [-0.2, 0) is 6.54 Å². The molecule has 24 heavy (non-hydrogen) atoms. The number of amides is 1. The first-order chi connectivity index (χ1) is 11.7. The Morgan fingerprint density at radius 1 is 0.958 bits per heavy atom. The van der Waals surface area contributed by atoms with Crippen LogP contribution in [0, 0.1) is 0 Å². The summed E-state index contributed by atoms with van der Waals surface area (Å²) in [5, 5.41) is 6.67. The lowest BCUT2D eigenvalue weighted by Gasteiger charge is -2.09. The number of benzene rings is 1. The molecule has 0 bridgehead atoms. The van der Waals surface area contributed by atoms with Gasteiger partial charge in [-0.15, -0.1) is 0 Å². The number of rotatable bonds is 5. The fourth-order valence-electron chi connectivity index (χ4n) is 2.10. The van der Waals surface area contributed by atoms with Gasteiger partial charge in [-0.1, -0.05) is 11.6 Å². The van der Waals surface area contributed by atoms with Crippen molar-refractivity contribution in [3.05, 3.63) is 83.4 Å². The average molecular weight is 339 g/mol. The van der Waals surface area contributed by atoms with E-state index >= 15 is 0 Å². The van der Waals surface area contributed by atoms with E-state index in [4.69, 9.17) is 11.6 Å². The third-order valence-corrected chi connectivity index (χ3v) is 3.60. The Balaban J connectivity index is 1.65. The minimum atomic E-state index is -0.225. The molecule has 0 aliphatic carbocycles. The van der Waals surface area contributed by atoms with Crippen LogP contribution in [0.1, 0.15) is 15.9 Å². The third kappa shape index (κ3) is 4.30. The lowest BCUT2D eigenvalue weighted by Crippen LogP contribution is -2.12. The van der Waals surface area contributed by atoms with E-state index in [1.54, 1.807) is 48.9 Å². The minimum absolute atomic E-state index is 0.225. The quantitative estimate of drug-likeness (QED) is 0.738. The van der Waals surface area contributed by atoms with Crippen LogP contribution in [0.25, 0.3) is 0 Å². The lowest BCUT2D eigenvalue weighted by molar-refractivity contribution is 0.102. The molecule has 0 saturated heterocycles. The number of carbonyl (C=O) groups excluding carboxylic acids is 1. The van der Waals surface area contributed by atoms with Gasteiger partial charge in [0, 0.05) is 42.0 Å². The summed E-state index contributed by atoms with van der Waals surface area (Å²) in [6.45, 7) is 0.631. The maximum atomic E-state index is 12.3. The van der Waals surface area contributed by atoms with Gasteiger partial charge in [0.25, 0.3) is 5.91 Å². The molecule has 0 fully saturated rings. The van der Waals surface area contributed by atoms with E-state index in [-0.39, 0.29) is 5.91 Å². The molecule has 3 aromatic rings. The van der Waals surface area contributed by atoms with Crippen LogP contribution >= 0.6 is 11.6 Å². The molecule has 0 aliphatic heterocycles. The van der Waals surface area contributed by atoms with E-state index in [1.807, 2.05) is 12.1 Å². The number of aromatic nitrogens is 2. The topological polar surface area (TPSA) is 66.9 Å². The largest absolute Gasteiger partial charge is 0.380 e. The van der Waals surface area contributed by atoms with Gasteiger partial charge in [0.15, 0.2) is 0 Å². The zero-order chi connectivity index (χ0) is 16.8. The Morgan fingerprint density at radius 3 is 2.46 bits per heavy atom. The summed E-state index contributed by atoms with van der Waals surface area (Å²) >= 11 is 5.84. The first-order valence-corrected chi connectivity index (χ1v) is 7.73. The smallest absolute Gasteiger partial charge is 0.257 e. The number of hydrogen-bond donors (Lipinski definition) is 2. The first-order valence-electron chi connectivity index (χ1n) is 7.35. The van der Waals surface area contributed by atoms with Crippen molar-refractivity contribution < 1.29 is 4.79 Å². The van der Waals surface area contributed by atoms with E-state index in [0.717, 1.165) is 11.3 Å². The SMILES string of the molecule is O=C(Nc1ccc(Cl)cc1)c1cncc(NCc2ccncc2)c1. The van der Waals surface area contributed by atoms with Gasteiger partial charge in [0.05, 0.1) is 11.3 Å². The number of nitrogens with one attached hydrogen (secondary N) is 2. The molecule has 2 aromatic heterocycles. The van der Waals surface area contributed by atoms with E-state index in [9.17, 15) is 4.79 Å². The van der Waals surface area contributed by atoms with Gasteiger partial charge in [-0.25, -0.2) is 0 Å². The van der Waals surface area contributed by atoms with Crippen molar-refractivity contribution in [2.45, 2.75) is 6.54 Å². The summed E-state index contributed by atoms with van der Waals surface area (Å²) < 4.78 is 0. The molecule has 120 valence electrons. The van der Waals surface area contributed by atoms with Gasteiger partial charge in [0.1, 0.15) is 0 Å².